The van der Waals surface area contributed by atoms with E-state index in [1.807, 2.05) is 12.1 Å². The highest BCUT2D eigenvalue weighted by molar-refractivity contribution is 5.91. The molecule has 0 amide bonds. The van der Waals surface area contributed by atoms with Gasteiger partial charge in [-0.15, -0.1) is 0 Å². The van der Waals surface area contributed by atoms with Crippen LogP contribution in [0, 0.1) is 5.92 Å². The molecule has 2 atom stereocenters. The van der Waals surface area contributed by atoms with Crippen molar-refractivity contribution >= 4 is 11.4 Å². The molecule has 2 unspecified atom stereocenters. The van der Waals surface area contributed by atoms with Crippen LogP contribution in [0.1, 0.15) is 37.5 Å². The van der Waals surface area contributed by atoms with Crippen LogP contribution in [0.5, 0.6) is 0 Å². The van der Waals surface area contributed by atoms with E-state index >= 15 is 0 Å². The fourth-order valence-electron chi connectivity index (χ4n) is 3.44. The number of hydrogen-bond donors (Lipinski definition) is 0. The Balaban J connectivity index is 1.77. The Hall–Kier alpha value is -2.03. The van der Waals surface area contributed by atoms with E-state index in [4.69, 9.17) is 9.52 Å². The van der Waals surface area contributed by atoms with Crippen LogP contribution in [0.25, 0.3) is 0 Å². The molecule has 4 rings (SSSR count). The highest BCUT2D eigenvalue weighted by atomic mass is 16.3. The molecule has 1 saturated carbocycles. The standard InChI is InChI=1S/C17H18N2O/c1-2-7-13(8-3-1)19-17(16-11-6-12-20-16)14-9-4-5-10-15(14)18-19/h1-3,6-8,11-12,14,17H,4-5,9-10H2. The quantitative estimate of drug-likeness (QED) is 0.806. The molecule has 0 saturated heterocycles. The minimum atomic E-state index is 0.225. The third-order valence-electron chi connectivity index (χ3n) is 4.36. The molecule has 0 radical (unpaired) electrons. The van der Waals surface area contributed by atoms with Crippen molar-refractivity contribution < 1.29 is 4.42 Å². The number of furan rings is 1. The van der Waals surface area contributed by atoms with Gasteiger partial charge in [-0.3, -0.25) is 5.01 Å². The number of rotatable bonds is 2. The second-order valence-electron chi connectivity index (χ2n) is 5.58. The zero-order valence-corrected chi connectivity index (χ0v) is 11.4. The van der Waals surface area contributed by atoms with Crippen molar-refractivity contribution in [3.05, 3.63) is 54.5 Å². The third kappa shape index (κ3) is 1.85. The SMILES string of the molecule is c1ccc(N2N=C3CCCCC3C2c2ccco2)cc1. The van der Waals surface area contributed by atoms with Gasteiger partial charge in [0.1, 0.15) is 11.8 Å². The Kier molecular flexibility index (Phi) is 2.84. The van der Waals surface area contributed by atoms with E-state index in [1.165, 1.54) is 25.0 Å². The minimum Gasteiger partial charge on any atom is -0.467 e. The van der Waals surface area contributed by atoms with Gasteiger partial charge < -0.3 is 4.42 Å². The monoisotopic (exact) mass is 266 g/mol. The average Bonchev–Trinajstić information content (AvgIpc) is 3.14. The summed E-state index contributed by atoms with van der Waals surface area (Å²) in [6, 6.07) is 14.7. The van der Waals surface area contributed by atoms with Gasteiger partial charge in [-0.2, -0.15) is 5.10 Å². The van der Waals surface area contributed by atoms with Crippen molar-refractivity contribution in [1.82, 2.24) is 0 Å². The Morgan fingerprint density at radius 3 is 2.75 bits per heavy atom. The summed E-state index contributed by atoms with van der Waals surface area (Å²) in [5.74, 6) is 1.54. The van der Waals surface area contributed by atoms with E-state index in [-0.39, 0.29) is 6.04 Å². The molecule has 1 fully saturated rings. The number of hydrazone groups is 1. The number of anilines is 1. The number of hydrogen-bond acceptors (Lipinski definition) is 3. The van der Waals surface area contributed by atoms with Crippen LogP contribution in [0.2, 0.25) is 0 Å². The highest BCUT2D eigenvalue weighted by Crippen LogP contribution is 2.44. The Morgan fingerprint density at radius 1 is 1.05 bits per heavy atom. The third-order valence-corrected chi connectivity index (χ3v) is 4.36. The molecule has 3 heteroatoms. The van der Waals surface area contributed by atoms with E-state index in [1.54, 1.807) is 6.26 Å². The molecule has 1 aliphatic heterocycles. The summed E-state index contributed by atoms with van der Waals surface area (Å²) in [5, 5.41) is 7.06. The lowest BCUT2D eigenvalue weighted by Gasteiger charge is -2.28. The van der Waals surface area contributed by atoms with E-state index in [9.17, 15) is 0 Å². The lowest BCUT2D eigenvalue weighted by molar-refractivity contribution is 0.391. The van der Waals surface area contributed by atoms with Crippen LogP contribution in [0.15, 0.2) is 58.2 Å². The van der Waals surface area contributed by atoms with Crippen molar-refractivity contribution in [2.45, 2.75) is 31.7 Å². The maximum atomic E-state index is 5.70. The largest absolute Gasteiger partial charge is 0.467 e. The molecular formula is C17H18N2O. The van der Waals surface area contributed by atoms with Crippen molar-refractivity contribution in [1.29, 1.82) is 0 Å². The van der Waals surface area contributed by atoms with Crippen LogP contribution in [0.3, 0.4) is 0 Å². The second kappa shape index (κ2) is 4.82. The highest BCUT2D eigenvalue weighted by Gasteiger charge is 2.41. The molecule has 1 aromatic carbocycles. The van der Waals surface area contributed by atoms with E-state index in [2.05, 4.69) is 35.3 Å². The first kappa shape index (κ1) is 11.8. The number of nitrogens with zero attached hydrogens (tertiary/aromatic N) is 2. The molecule has 2 heterocycles. The summed E-state index contributed by atoms with van der Waals surface area (Å²) in [5.41, 5.74) is 2.50. The van der Waals surface area contributed by atoms with Crippen molar-refractivity contribution in [2.75, 3.05) is 5.01 Å². The topological polar surface area (TPSA) is 28.7 Å². The molecule has 0 spiro atoms. The molecule has 102 valence electrons. The zero-order valence-electron chi connectivity index (χ0n) is 11.4. The molecule has 2 aliphatic rings. The van der Waals surface area contributed by atoms with Crippen LogP contribution in [0.4, 0.5) is 5.69 Å². The maximum Gasteiger partial charge on any atom is 0.129 e. The Morgan fingerprint density at radius 2 is 1.95 bits per heavy atom. The van der Waals surface area contributed by atoms with Crippen molar-refractivity contribution in [3.63, 3.8) is 0 Å². The molecule has 1 aliphatic carbocycles. The summed E-state index contributed by atoms with van der Waals surface area (Å²) in [4.78, 5) is 0. The number of benzene rings is 1. The fourth-order valence-corrected chi connectivity index (χ4v) is 3.44. The maximum absolute atomic E-state index is 5.70. The number of para-hydroxylation sites is 1. The predicted octanol–water partition coefficient (Wildman–Crippen LogP) is 4.39. The van der Waals surface area contributed by atoms with Gasteiger partial charge in [-0.1, -0.05) is 24.6 Å². The van der Waals surface area contributed by atoms with E-state index in [0.29, 0.717) is 5.92 Å². The summed E-state index contributed by atoms with van der Waals surface area (Å²) in [6.45, 7) is 0. The number of fused-ring (bicyclic) bond motifs is 1. The smallest absolute Gasteiger partial charge is 0.129 e. The van der Waals surface area contributed by atoms with E-state index < -0.39 is 0 Å². The van der Waals surface area contributed by atoms with Gasteiger partial charge in [0.25, 0.3) is 0 Å². The molecule has 0 bridgehead atoms. The lowest BCUT2D eigenvalue weighted by Crippen LogP contribution is -2.26. The Bertz CT molecular complexity index is 603. The fraction of sp³-hybridized carbons (Fsp3) is 0.353. The first-order valence-corrected chi connectivity index (χ1v) is 7.38. The van der Waals surface area contributed by atoms with Crippen molar-refractivity contribution in [3.8, 4) is 0 Å². The molecule has 3 nitrogen and oxygen atoms in total. The molecule has 20 heavy (non-hydrogen) atoms. The zero-order chi connectivity index (χ0) is 13.4. The summed E-state index contributed by atoms with van der Waals surface area (Å²) < 4.78 is 5.70. The molecular weight excluding hydrogens is 248 g/mol. The van der Waals surface area contributed by atoms with Gasteiger partial charge in [0, 0.05) is 11.6 Å². The van der Waals surface area contributed by atoms with E-state index in [0.717, 1.165) is 17.9 Å². The first-order chi connectivity index (χ1) is 9.93. The van der Waals surface area contributed by atoms with Crippen molar-refractivity contribution in [2.24, 2.45) is 11.0 Å². The van der Waals surface area contributed by atoms with Gasteiger partial charge in [-0.05, 0) is 43.5 Å². The summed E-state index contributed by atoms with van der Waals surface area (Å²) >= 11 is 0. The van der Waals surface area contributed by atoms with Gasteiger partial charge in [-0.25, -0.2) is 0 Å². The van der Waals surface area contributed by atoms with Crippen LogP contribution >= 0.6 is 0 Å². The summed E-state index contributed by atoms with van der Waals surface area (Å²) in [7, 11) is 0. The average molecular weight is 266 g/mol. The lowest BCUT2D eigenvalue weighted by atomic mass is 9.82. The van der Waals surface area contributed by atoms with Gasteiger partial charge in [0.15, 0.2) is 0 Å². The molecule has 0 N–H and O–H groups in total. The minimum absolute atomic E-state index is 0.225. The van der Waals surface area contributed by atoms with Gasteiger partial charge in [0.05, 0.1) is 12.0 Å². The van der Waals surface area contributed by atoms with Crippen LogP contribution < -0.4 is 5.01 Å². The molecule has 1 aromatic heterocycles. The normalized spacial score (nSPS) is 25.4. The molecule has 2 aromatic rings. The first-order valence-electron chi connectivity index (χ1n) is 7.38. The second-order valence-corrected chi connectivity index (χ2v) is 5.58. The van der Waals surface area contributed by atoms with Crippen LogP contribution in [-0.2, 0) is 0 Å². The van der Waals surface area contributed by atoms with Crippen LogP contribution in [-0.4, -0.2) is 5.71 Å². The Labute approximate surface area is 118 Å². The van der Waals surface area contributed by atoms with Gasteiger partial charge in [0.2, 0.25) is 0 Å². The van der Waals surface area contributed by atoms with Gasteiger partial charge >= 0.3 is 0 Å². The summed E-state index contributed by atoms with van der Waals surface area (Å²) in [6.07, 6.45) is 6.67. The predicted molar refractivity (Wildman–Crippen MR) is 79.8 cm³/mol.